The van der Waals surface area contributed by atoms with E-state index in [4.69, 9.17) is 5.73 Å². The number of hydrogen-bond donors (Lipinski definition) is 2. The van der Waals surface area contributed by atoms with Crippen LogP contribution in [0.25, 0.3) is 0 Å². The van der Waals surface area contributed by atoms with Crippen molar-refractivity contribution in [2.24, 2.45) is 23.5 Å². The number of carbonyl (C=O) groups is 1. The van der Waals surface area contributed by atoms with Crippen LogP contribution in [0, 0.1) is 17.8 Å². The molecule has 4 aliphatic rings. The molecule has 0 aromatic carbocycles. The lowest BCUT2D eigenvalue weighted by Crippen LogP contribution is -2.64. The fraction of sp³-hybridized carbons (Fsp3) is 0.909. The molecule has 4 fully saturated rings. The molecule has 0 aliphatic heterocycles. The predicted octanol–water partition coefficient (Wildman–Crippen LogP) is 0.638. The van der Waals surface area contributed by atoms with Crippen molar-refractivity contribution in [1.82, 2.24) is 5.32 Å². The number of nitrogens with two attached hydrogens (primary N) is 1. The summed E-state index contributed by atoms with van der Waals surface area (Å²) in [6.07, 6.45) is 6.95. The number of amides is 1. The molecule has 78 valence electrons. The number of nitrogens with one attached hydrogen (secondary N) is 1. The molecule has 0 spiro atoms. The van der Waals surface area contributed by atoms with Gasteiger partial charge < -0.3 is 11.1 Å². The second-order valence-electron chi connectivity index (χ2n) is 5.59. The Morgan fingerprint density at radius 1 is 1.21 bits per heavy atom. The first kappa shape index (κ1) is 8.72. The van der Waals surface area contributed by atoms with Gasteiger partial charge in [-0.15, -0.1) is 0 Å². The van der Waals surface area contributed by atoms with Crippen molar-refractivity contribution in [2.75, 3.05) is 0 Å². The maximum Gasteiger partial charge on any atom is 0.207 e. The van der Waals surface area contributed by atoms with E-state index >= 15 is 0 Å². The van der Waals surface area contributed by atoms with Crippen molar-refractivity contribution in [3.05, 3.63) is 0 Å². The van der Waals surface area contributed by atoms with E-state index in [1.165, 1.54) is 19.3 Å². The molecule has 3 nitrogen and oxygen atoms in total. The van der Waals surface area contributed by atoms with Crippen LogP contribution in [0.1, 0.15) is 32.1 Å². The van der Waals surface area contributed by atoms with Crippen molar-refractivity contribution < 1.29 is 4.79 Å². The summed E-state index contributed by atoms with van der Waals surface area (Å²) in [7, 11) is 0. The summed E-state index contributed by atoms with van der Waals surface area (Å²) in [5, 5.41) is 3.07. The maximum absolute atomic E-state index is 10.6. The van der Waals surface area contributed by atoms with Gasteiger partial charge in [0.25, 0.3) is 0 Å². The van der Waals surface area contributed by atoms with Gasteiger partial charge in [-0.3, -0.25) is 4.79 Å². The highest BCUT2D eigenvalue weighted by atomic mass is 16.1. The lowest BCUT2D eigenvalue weighted by Gasteiger charge is -2.59. The van der Waals surface area contributed by atoms with E-state index in [-0.39, 0.29) is 5.54 Å². The molecular formula is C11H18N2O. The first-order chi connectivity index (χ1) is 6.72. The number of rotatable bonds is 2. The molecule has 0 saturated heterocycles. The zero-order valence-corrected chi connectivity index (χ0v) is 8.41. The Kier molecular flexibility index (Phi) is 1.69. The Labute approximate surface area is 84.4 Å². The van der Waals surface area contributed by atoms with E-state index in [9.17, 15) is 4.79 Å². The highest BCUT2D eigenvalue weighted by Gasteiger charge is 2.54. The lowest BCUT2D eigenvalue weighted by atomic mass is 9.51. The van der Waals surface area contributed by atoms with Crippen LogP contribution in [0.2, 0.25) is 0 Å². The maximum atomic E-state index is 10.6. The molecule has 2 atom stereocenters. The molecule has 0 aromatic rings. The Balaban J connectivity index is 1.88. The van der Waals surface area contributed by atoms with Crippen LogP contribution in [0.4, 0.5) is 0 Å². The highest BCUT2D eigenvalue weighted by Crippen LogP contribution is 2.54. The smallest absolute Gasteiger partial charge is 0.207 e. The van der Waals surface area contributed by atoms with Crippen LogP contribution in [-0.2, 0) is 4.79 Å². The molecule has 0 heterocycles. The summed E-state index contributed by atoms with van der Waals surface area (Å²) in [5.74, 6) is 2.18. The second-order valence-corrected chi connectivity index (χ2v) is 5.59. The minimum Gasteiger partial charge on any atom is -0.353 e. The molecule has 4 rings (SSSR count). The van der Waals surface area contributed by atoms with E-state index < -0.39 is 0 Å². The fourth-order valence-electron chi connectivity index (χ4n) is 4.37. The van der Waals surface area contributed by atoms with Gasteiger partial charge in [-0.1, -0.05) is 0 Å². The van der Waals surface area contributed by atoms with Gasteiger partial charge in [-0.25, -0.2) is 0 Å². The summed E-state index contributed by atoms with van der Waals surface area (Å²) < 4.78 is 0. The van der Waals surface area contributed by atoms with Crippen molar-refractivity contribution in [3.8, 4) is 0 Å². The van der Waals surface area contributed by atoms with Gasteiger partial charge in [0.15, 0.2) is 0 Å². The Morgan fingerprint density at radius 2 is 1.86 bits per heavy atom. The van der Waals surface area contributed by atoms with E-state index in [2.05, 4.69) is 5.32 Å². The van der Waals surface area contributed by atoms with Crippen LogP contribution in [0.15, 0.2) is 0 Å². The van der Waals surface area contributed by atoms with E-state index in [1.807, 2.05) is 0 Å². The van der Waals surface area contributed by atoms with Gasteiger partial charge in [-0.05, 0) is 49.9 Å². The molecule has 4 aliphatic carbocycles. The van der Waals surface area contributed by atoms with Gasteiger partial charge >= 0.3 is 0 Å². The zero-order chi connectivity index (χ0) is 9.76. The molecule has 1 amide bonds. The Morgan fingerprint density at radius 3 is 2.43 bits per heavy atom. The summed E-state index contributed by atoms with van der Waals surface area (Å²) in [4.78, 5) is 10.6. The zero-order valence-electron chi connectivity index (χ0n) is 8.41. The van der Waals surface area contributed by atoms with Crippen LogP contribution >= 0.6 is 0 Å². The highest BCUT2D eigenvalue weighted by molar-refractivity contribution is 5.48. The third kappa shape index (κ3) is 1.05. The molecule has 3 heteroatoms. The molecule has 0 aromatic heterocycles. The first-order valence-corrected chi connectivity index (χ1v) is 5.69. The SMILES string of the molecule is NC1C2CC3CC1CC(NC=O)(C3)C2. The van der Waals surface area contributed by atoms with Gasteiger partial charge in [0, 0.05) is 11.6 Å². The van der Waals surface area contributed by atoms with Gasteiger partial charge in [0.2, 0.25) is 6.41 Å². The van der Waals surface area contributed by atoms with E-state index in [1.54, 1.807) is 0 Å². The molecule has 2 unspecified atom stereocenters. The molecule has 4 bridgehead atoms. The quantitative estimate of drug-likeness (QED) is 0.634. The number of hydrogen-bond acceptors (Lipinski definition) is 2. The van der Waals surface area contributed by atoms with Crippen LogP contribution in [0.5, 0.6) is 0 Å². The van der Waals surface area contributed by atoms with E-state index in [0.29, 0.717) is 17.9 Å². The van der Waals surface area contributed by atoms with Crippen molar-refractivity contribution in [2.45, 2.75) is 43.7 Å². The Bertz CT molecular complexity index is 250. The first-order valence-electron chi connectivity index (χ1n) is 5.69. The average Bonchev–Trinajstić information content (AvgIpc) is 2.12. The van der Waals surface area contributed by atoms with Crippen molar-refractivity contribution >= 4 is 6.41 Å². The molecular weight excluding hydrogens is 176 g/mol. The van der Waals surface area contributed by atoms with Gasteiger partial charge in [-0.2, -0.15) is 0 Å². The summed E-state index contributed by atoms with van der Waals surface area (Å²) in [6.45, 7) is 0. The Hall–Kier alpha value is -0.570. The predicted molar refractivity (Wildman–Crippen MR) is 53.5 cm³/mol. The minimum atomic E-state index is 0.133. The topological polar surface area (TPSA) is 55.1 Å². The monoisotopic (exact) mass is 194 g/mol. The van der Waals surface area contributed by atoms with E-state index in [0.717, 1.165) is 25.2 Å². The second kappa shape index (κ2) is 2.72. The molecule has 14 heavy (non-hydrogen) atoms. The average molecular weight is 194 g/mol. The summed E-state index contributed by atoms with van der Waals surface area (Å²) >= 11 is 0. The van der Waals surface area contributed by atoms with Crippen molar-refractivity contribution in [3.63, 3.8) is 0 Å². The van der Waals surface area contributed by atoms with Crippen LogP contribution in [-0.4, -0.2) is 18.0 Å². The standard InChI is InChI=1S/C11H18N2O/c12-10-8-1-7-2-9(10)5-11(3-7,4-8)13-6-14/h6-10H,1-5,12H2,(H,13,14). The molecule has 0 radical (unpaired) electrons. The summed E-state index contributed by atoms with van der Waals surface area (Å²) in [5.41, 5.74) is 6.34. The largest absolute Gasteiger partial charge is 0.353 e. The van der Waals surface area contributed by atoms with Crippen molar-refractivity contribution in [1.29, 1.82) is 0 Å². The van der Waals surface area contributed by atoms with Crippen LogP contribution < -0.4 is 11.1 Å². The minimum absolute atomic E-state index is 0.133. The molecule has 4 saturated carbocycles. The molecule has 3 N–H and O–H groups in total. The number of carbonyl (C=O) groups excluding carboxylic acids is 1. The van der Waals surface area contributed by atoms with Gasteiger partial charge in [0.1, 0.15) is 0 Å². The third-order valence-corrected chi connectivity index (χ3v) is 4.71. The lowest BCUT2D eigenvalue weighted by molar-refractivity contribution is -0.115. The third-order valence-electron chi connectivity index (χ3n) is 4.71. The van der Waals surface area contributed by atoms with Gasteiger partial charge in [0.05, 0.1) is 0 Å². The normalized spacial score (nSPS) is 54.6. The summed E-state index contributed by atoms with van der Waals surface area (Å²) in [6, 6.07) is 0.410. The van der Waals surface area contributed by atoms with Crippen LogP contribution in [0.3, 0.4) is 0 Å². The fourth-order valence-corrected chi connectivity index (χ4v) is 4.37.